The Balaban J connectivity index is 1.91. The lowest BCUT2D eigenvalue weighted by atomic mass is 10.1. The molecule has 17 heavy (non-hydrogen) atoms. The molecule has 1 unspecified atom stereocenters. The minimum absolute atomic E-state index is 0.309. The van der Waals surface area contributed by atoms with Crippen LogP contribution in [0.4, 0.5) is 0 Å². The minimum atomic E-state index is 0.309. The molecule has 2 nitrogen and oxygen atoms in total. The number of nitrogens with one attached hydrogen (secondary N) is 1. The van der Waals surface area contributed by atoms with Gasteiger partial charge in [-0.05, 0) is 37.4 Å². The summed E-state index contributed by atoms with van der Waals surface area (Å²) in [6.45, 7) is 4.50. The molecule has 1 atom stereocenters. The van der Waals surface area contributed by atoms with E-state index in [1.807, 2.05) is 17.8 Å². The number of aliphatic hydroxyl groups is 1. The van der Waals surface area contributed by atoms with Crippen LogP contribution in [0.2, 0.25) is 0 Å². The first-order chi connectivity index (χ1) is 8.33. The highest BCUT2D eigenvalue weighted by Crippen LogP contribution is 2.15. The summed E-state index contributed by atoms with van der Waals surface area (Å²) in [7, 11) is 0. The average Bonchev–Trinajstić information content (AvgIpc) is 2.38. The summed E-state index contributed by atoms with van der Waals surface area (Å²) >= 11 is 1.89. The summed E-state index contributed by atoms with van der Waals surface area (Å²) in [5.74, 6) is 1.55. The van der Waals surface area contributed by atoms with Gasteiger partial charge in [0.05, 0.1) is 0 Å². The molecular formula is C14H23NOS. The Morgan fingerprint density at radius 2 is 2.00 bits per heavy atom. The van der Waals surface area contributed by atoms with Gasteiger partial charge < -0.3 is 10.4 Å². The number of benzene rings is 1. The predicted molar refractivity (Wildman–Crippen MR) is 75.5 cm³/mol. The topological polar surface area (TPSA) is 32.3 Å². The largest absolute Gasteiger partial charge is 0.396 e. The molecule has 0 bridgehead atoms. The predicted octanol–water partition coefficient (Wildman–Crippen LogP) is 2.78. The number of rotatable bonds is 9. The lowest BCUT2D eigenvalue weighted by Gasteiger charge is -2.08. The van der Waals surface area contributed by atoms with Gasteiger partial charge in [-0.1, -0.05) is 25.1 Å². The second-order valence-electron chi connectivity index (χ2n) is 4.34. The third-order valence-electron chi connectivity index (χ3n) is 2.65. The summed E-state index contributed by atoms with van der Waals surface area (Å²) in [4.78, 5) is 1.34. The van der Waals surface area contributed by atoms with Gasteiger partial charge >= 0.3 is 0 Å². The molecule has 0 amide bonds. The molecule has 0 aliphatic rings. The molecule has 96 valence electrons. The lowest BCUT2D eigenvalue weighted by molar-refractivity contribution is 0.228. The molecule has 3 heteroatoms. The van der Waals surface area contributed by atoms with Crippen molar-refractivity contribution in [2.75, 3.05) is 25.4 Å². The van der Waals surface area contributed by atoms with Crippen LogP contribution in [0.15, 0.2) is 35.2 Å². The van der Waals surface area contributed by atoms with Gasteiger partial charge in [0.1, 0.15) is 0 Å². The van der Waals surface area contributed by atoms with E-state index >= 15 is 0 Å². The molecule has 1 aromatic carbocycles. The maximum absolute atomic E-state index is 8.88. The Hall–Kier alpha value is -0.510. The summed E-state index contributed by atoms with van der Waals surface area (Å²) in [5, 5.41) is 12.3. The molecule has 0 heterocycles. The Labute approximate surface area is 109 Å². The van der Waals surface area contributed by atoms with Gasteiger partial charge in [0.15, 0.2) is 0 Å². The van der Waals surface area contributed by atoms with Gasteiger partial charge in [-0.25, -0.2) is 0 Å². The van der Waals surface area contributed by atoms with Crippen LogP contribution in [0.5, 0.6) is 0 Å². The van der Waals surface area contributed by atoms with Crippen LogP contribution in [0.3, 0.4) is 0 Å². The van der Waals surface area contributed by atoms with E-state index in [-0.39, 0.29) is 0 Å². The molecular weight excluding hydrogens is 230 g/mol. The lowest BCUT2D eigenvalue weighted by Crippen LogP contribution is -2.19. The van der Waals surface area contributed by atoms with Gasteiger partial charge in [0.25, 0.3) is 0 Å². The molecule has 0 spiro atoms. The minimum Gasteiger partial charge on any atom is -0.396 e. The third-order valence-corrected chi connectivity index (χ3v) is 3.67. The molecule has 0 fully saturated rings. The van der Waals surface area contributed by atoms with E-state index in [0.29, 0.717) is 12.5 Å². The maximum atomic E-state index is 8.88. The fourth-order valence-electron chi connectivity index (χ4n) is 1.55. The van der Waals surface area contributed by atoms with E-state index in [1.165, 1.54) is 4.90 Å². The highest BCUT2D eigenvalue weighted by Gasteiger charge is 1.98. The van der Waals surface area contributed by atoms with E-state index in [4.69, 9.17) is 5.11 Å². The van der Waals surface area contributed by atoms with Gasteiger partial charge in [-0.15, -0.1) is 11.8 Å². The zero-order valence-corrected chi connectivity index (χ0v) is 11.4. The number of aliphatic hydroxyl groups excluding tert-OH is 1. The smallest absolute Gasteiger partial charge is 0.0456 e. The van der Waals surface area contributed by atoms with Gasteiger partial charge in [-0.2, -0.15) is 0 Å². The zero-order valence-electron chi connectivity index (χ0n) is 10.6. The standard InChI is InChI=1S/C14H23NOS/c1-13(12-16)6-5-9-15-10-11-17-14-7-3-2-4-8-14/h2-4,7-8,13,15-16H,5-6,9-12H2,1H3. The molecule has 0 saturated carbocycles. The first-order valence-electron chi connectivity index (χ1n) is 6.32. The van der Waals surface area contributed by atoms with E-state index in [9.17, 15) is 0 Å². The van der Waals surface area contributed by atoms with Crippen LogP contribution in [0.1, 0.15) is 19.8 Å². The SMILES string of the molecule is CC(CO)CCCNCCSc1ccccc1. The second-order valence-corrected chi connectivity index (χ2v) is 5.51. The first kappa shape index (κ1) is 14.6. The maximum Gasteiger partial charge on any atom is 0.0456 e. The molecule has 0 aliphatic carbocycles. The average molecular weight is 253 g/mol. The van der Waals surface area contributed by atoms with E-state index in [2.05, 4.69) is 36.5 Å². The molecule has 1 rings (SSSR count). The Bertz CT molecular complexity index is 279. The molecule has 0 aromatic heterocycles. The third kappa shape index (κ3) is 7.42. The number of thioether (sulfide) groups is 1. The summed E-state index contributed by atoms with van der Waals surface area (Å²) in [6.07, 6.45) is 2.26. The Morgan fingerprint density at radius 3 is 2.71 bits per heavy atom. The van der Waals surface area contributed by atoms with Gasteiger partial charge in [0, 0.05) is 23.8 Å². The van der Waals surface area contributed by atoms with Crippen LogP contribution in [0, 0.1) is 5.92 Å². The highest BCUT2D eigenvalue weighted by molar-refractivity contribution is 7.99. The van der Waals surface area contributed by atoms with Crippen LogP contribution < -0.4 is 5.32 Å². The van der Waals surface area contributed by atoms with Crippen molar-refractivity contribution >= 4 is 11.8 Å². The number of hydrogen-bond donors (Lipinski definition) is 2. The van der Waals surface area contributed by atoms with Crippen molar-refractivity contribution in [2.24, 2.45) is 5.92 Å². The quantitative estimate of drug-likeness (QED) is 0.524. The van der Waals surface area contributed by atoms with Crippen LogP contribution in [-0.2, 0) is 0 Å². The van der Waals surface area contributed by atoms with Crippen molar-refractivity contribution in [1.82, 2.24) is 5.32 Å². The van der Waals surface area contributed by atoms with Gasteiger partial charge in [-0.3, -0.25) is 0 Å². The first-order valence-corrected chi connectivity index (χ1v) is 7.31. The fraction of sp³-hybridized carbons (Fsp3) is 0.571. The van der Waals surface area contributed by atoms with Crippen molar-refractivity contribution in [3.63, 3.8) is 0 Å². The summed E-state index contributed by atoms with van der Waals surface area (Å²) in [5.41, 5.74) is 0. The summed E-state index contributed by atoms with van der Waals surface area (Å²) < 4.78 is 0. The van der Waals surface area contributed by atoms with Gasteiger partial charge in [0.2, 0.25) is 0 Å². The van der Waals surface area contributed by atoms with Crippen molar-refractivity contribution in [1.29, 1.82) is 0 Å². The van der Waals surface area contributed by atoms with E-state index in [1.54, 1.807) is 0 Å². The van der Waals surface area contributed by atoms with Crippen LogP contribution in [-0.4, -0.2) is 30.6 Å². The normalized spacial score (nSPS) is 12.6. The van der Waals surface area contributed by atoms with Crippen molar-refractivity contribution in [2.45, 2.75) is 24.7 Å². The highest BCUT2D eigenvalue weighted by atomic mass is 32.2. The summed E-state index contributed by atoms with van der Waals surface area (Å²) in [6, 6.07) is 10.5. The molecule has 0 radical (unpaired) electrons. The van der Waals surface area contributed by atoms with Crippen LogP contribution >= 0.6 is 11.8 Å². The van der Waals surface area contributed by atoms with E-state index < -0.39 is 0 Å². The molecule has 0 saturated heterocycles. The Kier molecular flexibility index (Phi) is 8.14. The van der Waals surface area contributed by atoms with Crippen molar-refractivity contribution < 1.29 is 5.11 Å². The van der Waals surface area contributed by atoms with Crippen molar-refractivity contribution in [3.8, 4) is 0 Å². The Morgan fingerprint density at radius 1 is 1.24 bits per heavy atom. The number of hydrogen-bond acceptors (Lipinski definition) is 3. The van der Waals surface area contributed by atoms with Crippen LogP contribution in [0.25, 0.3) is 0 Å². The fourth-order valence-corrected chi connectivity index (χ4v) is 2.38. The molecule has 2 N–H and O–H groups in total. The van der Waals surface area contributed by atoms with Crippen molar-refractivity contribution in [3.05, 3.63) is 30.3 Å². The molecule has 1 aromatic rings. The second kappa shape index (κ2) is 9.51. The zero-order chi connectivity index (χ0) is 12.3. The monoisotopic (exact) mass is 253 g/mol. The molecule has 0 aliphatic heterocycles. The van der Waals surface area contributed by atoms with E-state index in [0.717, 1.165) is 31.7 Å².